The van der Waals surface area contributed by atoms with E-state index >= 15 is 0 Å². The second-order valence-corrected chi connectivity index (χ2v) is 6.03. The zero-order chi connectivity index (χ0) is 15.2. The number of aliphatic hydroxyl groups is 1. The molecule has 2 rings (SSSR count). The fourth-order valence-corrected chi connectivity index (χ4v) is 2.88. The first-order valence-corrected chi connectivity index (χ1v) is 7.85. The van der Waals surface area contributed by atoms with Gasteiger partial charge in [-0.1, -0.05) is 29.8 Å². The maximum Gasteiger partial charge on any atom is 0.222 e. The number of piperazine rings is 1. The van der Waals surface area contributed by atoms with Gasteiger partial charge in [0.25, 0.3) is 0 Å². The van der Waals surface area contributed by atoms with Gasteiger partial charge in [0.05, 0.1) is 6.10 Å². The van der Waals surface area contributed by atoms with Gasteiger partial charge in [-0.25, -0.2) is 0 Å². The third-order valence-electron chi connectivity index (χ3n) is 3.81. The van der Waals surface area contributed by atoms with Crippen molar-refractivity contribution in [3.05, 3.63) is 34.9 Å². The van der Waals surface area contributed by atoms with Crippen molar-refractivity contribution in [3.8, 4) is 0 Å². The van der Waals surface area contributed by atoms with Crippen LogP contribution in [0.2, 0.25) is 5.02 Å². The summed E-state index contributed by atoms with van der Waals surface area (Å²) in [7, 11) is 0. The summed E-state index contributed by atoms with van der Waals surface area (Å²) in [6.07, 6.45) is 0.875. The molecule has 1 aliphatic heterocycles. The van der Waals surface area contributed by atoms with Gasteiger partial charge in [-0.3, -0.25) is 9.69 Å². The van der Waals surface area contributed by atoms with Gasteiger partial charge in [-0.05, 0) is 25.0 Å². The molecule has 1 saturated heterocycles. The predicted octanol–water partition coefficient (Wildman–Crippen LogP) is 1.80. The van der Waals surface area contributed by atoms with Crippen molar-refractivity contribution in [2.45, 2.75) is 25.9 Å². The van der Waals surface area contributed by atoms with Crippen LogP contribution in [0.4, 0.5) is 0 Å². The van der Waals surface area contributed by atoms with Crippen LogP contribution in [-0.4, -0.2) is 59.6 Å². The van der Waals surface area contributed by atoms with Crippen molar-refractivity contribution in [2.24, 2.45) is 0 Å². The fraction of sp³-hybridized carbons (Fsp3) is 0.562. The highest BCUT2D eigenvalue weighted by Gasteiger charge is 2.21. The largest absolute Gasteiger partial charge is 0.392 e. The number of benzene rings is 1. The van der Waals surface area contributed by atoms with Crippen molar-refractivity contribution in [3.63, 3.8) is 0 Å². The summed E-state index contributed by atoms with van der Waals surface area (Å²) in [5, 5.41) is 10.1. The van der Waals surface area contributed by atoms with Crippen LogP contribution >= 0.6 is 11.6 Å². The number of aliphatic hydroxyl groups excluding tert-OH is 1. The lowest BCUT2D eigenvalue weighted by Gasteiger charge is -2.35. The lowest BCUT2D eigenvalue weighted by molar-refractivity contribution is -0.133. The van der Waals surface area contributed by atoms with Crippen LogP contribution in [0.1, 0.15) is 18.9 Å². The smallest absolute Gasteiger partial charge is 0.222 e. The molecular weight excluding hydrogens is 288 g/mol. The molecule has 1 fully saturated rings. The van der Waals surface area contributed by atoms with Crippen molar-refractivity contribution < 1.29 is 9.90 Å². The molecule has 116 valence electrons. The molecule has 0 aromatic heterocycles. The molecule has 4 nitrogen and oxygen atoms in total. The Morgan fingerprint density at radius 2 is 1.95 bits per heavy atom. The molecule has 21 heavy (non-hydrogen) atoms. The highest BCUT2D eigenvalue weighted by Crippen LogP contribution is 2.17. The average Bonchev–Trinajstić information content (AvgIpc) is 2.46. The second kappa shape index (κ2) is 7.78. The van der Waals surface area contributed by atoms with E-state index in [4.69, 9.17) is 11.6 Å². The number of amides is 1. The van der Waals surface area contributed by atoms with Crippen molar-refractivity contribution >= 4 is 17.5 Å². The van der Waals surface area contributed by atoms with E-state index in [1.165, 1.54) is 0 Å². The molecule has 5 heteroatoms. The number of nitrogens with zero attached hydrogens (tertiary/aromatic N) is 2. The summed E-state index contributed by atoms with van der Waals surface area (Å²) in [5.74, 6) is 0.187. The summed E-state index contributed by atoms with van der Waals surface area (Å²) in [4.78, 5) is 16.3. The molecule has 0 spiro atoms. The molecule has 0 saturated carbocycles. The zero-order valence-corrected chi connectivity index (χ0v) is 13.2. The molecule has 0 aliphatic carbocycles. The highest BCUT2D eigenvalue weighted by atomic mass is 35.5. The van der Waals surface area contributed by atoms with E-state index in [1.807, 2.05) is 29.2 Å². The van der Waals surface area contributed by atoms with Crippen LogP contribution in [0, 0.1) is 0 Å². The number of carbonyl (C=O) groups excluding carboxylic acids is 1. The normalized spacial score (nSPS) is 17.8. The van der Waals surface area contributed by atoms with Crippen LogP contribution in [0.5, 0.6) is 0 Å². The number of halogens is 1. The number of hydrogen-bond acceptors (Lipinski definition) is 3. The van der Waals surface area contributed by atoms with E-state index < -0.39 is 0 Å². The van der Waals surface area contributed by atoms with Gasteiger partial charge in [0.15, 0.2) is 0 Å². The first-order chi connectivity index (χ1) is 10.1. The van der Waals surface area contributed by atoms with Crippen LogP contribution in [-0.2, 0) is 11.2 Å². The molecule has 1 aromatic rings. The monoisotopic (exact) mass is 310 g/mol. The molecule has 1 heterocycles. The molecule has 1 amide bonds. The SMILES string of the molecule is C[C@@H](O)CN1CCN(C(=O)CCc2ccccc2Cl)CC1. The second-order valence-electron chi connectivity index (χ2n) is 5.62. The number of carbonyl (C=O) groups is 1. The molecule has 0 bridgehead atoms. The third kappa shape index (κ3) is 4.99. The number of rotatable bonds is 5. The molecule has 1 atom stereocenters. The molecule has 1 aromatic carbocycles. The maximum atomic E-state index is 12.2. The lowest BCUT2D eigenvalue weighted by Crippen LogP contribution is -2.50. The molecule has 1 aliphatic rings. The van der Waals surface area contributed by atoms with Gasteiger partial charge in [0.2, 0.25) is 5.91 Å². The highest BCUT2D eigenvalue weighted by molar-refractivity contribution is 6.31. The molecule has 0 radical (unpaired) electrons. The van der Waals surface area contributed by atoms with Gasteiger partial charge in [0, 0.05) is 44.2 Å². The Labute approximate surface area is 131 Å². The average molecular weight is 311 g/mol. The standard InChI is InChI=1S/C16H23ClN2O2/c1-13(20)12-18-8-10-19(11-9-18)16(21)7-6-14-4-2-3-5-15(14)17/h2-5,13,20H,6-12H2,1H3/t13-/m1/s1. The van der Waals surface area contributed by atoms with Gasteiger partial charge in [0.1, 0.15) is 0 Å². The summed E-state index contributed by atoms with van der Waals surface area (Å²) in [6, 6.07) is 7.67. The molecule has 0 unspecified atom stereocenters. The minimum Gasteiger partial charge on any atom is -0.392 e. The third-order valence-corrected chi connectivity index (χ3v) is 4.18. The van der Waals surface area contributed by atoms with Crippen LogP contribution < -0.4 is 0 Å². The van der Waals surface area contributed by atoms with Crippen LogP contribution in [0.3, 0.4) is 0 Å². The van der Waals surface area contributed by atoms with E-state index in [0.717, 1.165) is 36.8 Å². The van der Waals surface area contributed by atoms with E-state index in [-0.39, 0.29) is 12.0 Å². The lowest BCUT2D eigenvalue weighted by atomic mass is 10.1. The van der Waals surface area contributed by atoms with E-state index in [2.05, 4.69) is 4.90 Å². The number of β-amino-alcohol motifs (C(OH)–C–C–N with tert-alkyl or cyclic N) is 1. The summed E-state index contributed by atoms with van der Waals surface area (Å²) >= 11 is 6.11. The van der Waals surface area contributed by atoms with Crippen molar-refractivity contribution in [1.82, 2.24) is 9.80 Å². The minimum atomic E-state index is -0.313. The zero-order valence-electron chi connectivity index (χ0n) is 12.5. The molecule has 1 N–H and O–H groups in total. The van der Waals surface area contributed by atoms with E-state index in [0.29, 0.717) is 19.4 Å². The van der Waals surface area contributed by atoms with E-state index in [9.17, 15) is 9.90 Å². The minimum absolute atomic E-state index is 0.187. The Morgan fingerprint density at radius 1 is 1.29 bits per heavy atom. The number of aryl methyl sites for hydroxylation is 1. The van der Waals surface area contributed by atoms with Gasteiger partial charge in [-0.2, -0.15) is 0 Å². The van der Waals surface area contributed by atoms with E-state index in [1.54, 1.807) is 6.92 Å². The van der Waals surface area contributed by atoms with Gasteiger partial charge >= 0.3 is 0 Å². The Balaban J connectivity index is 1.76. The first-order valence-electron chi connectivity index (χ1n) is 7.48. The quantitative estimate of drug-likeness (QED) is 0.902. The Bertz CT molecular complexity index is 471. The Morgan fingerprint density at radius 3 is 2.57 bits per heavy atom. The predicted molar refractivity (Wildman–Crippen MR) is 84.5 cm³/mol. The first kappa shape index (κ1) is 16.3. The van der Waals surface area contributed by atoms with Gasteiger partial charge in [-0.15, -0.1) is 0 Å². The van der Waals surface area contributed by atoms with Crippen molar-refractivity contribution in [2.75, 3.05) is 32.7 Å². The van der Waals surface area contributed by atoms with Crippen LogP contribution in [0.25, 0.3) is 0 Å². The summed E-state index contributed by atoms with van der Waals surface area (Å²) < 4.78 is 0. The number of hydrogen-bond donors (Lipinski definition) is 1. The summed E-state index contributed by atoms with van der Waals surface area (Å²) in [6.45, 7) is 5.64. The Hall–Kier alpha value is -1.10. The topological polar surface area (TPSA) is 43.8 Å². The maximum absolute atomic E-state index is 12.2. The Kier molecular flexibility index (Phi) is 6.03. The molecular formula is C16H23ClN2O2. The van der Waals surface area contributed by atoms with Crippen LogP contribution in [0.15, 0.2) is 24.3 Å². The summed E-state index contributed by atoms with van der Waals surface area (Å²) in [5.41, 5.74) is 1.03. The fourth-order valence-electron chi connectivity index (χ4n) is 2.65. The van der Waals surface area contributed by atoms with Gasteiger partial charge < -0.3 is 10.0 Å². The van der Waals surface area contributed by atoms with Crippen molar-refractivity contribution in [1.29, 1.82) is 0 Å².